The molecule has 0 bridgehead atoms. The zero-order valence-corrected chi connectivity index (χ0v) is 12.1. The topological polar surface area (TPSA) is 23.5 Å². The average molecular weight is 251 g/mol. The summed E-state index contributed by atoms with van der Waals surface area (Å²) in [6.07, 6.45) is 11.7. The van der Waals surface area contributed by atoms with Gasteiger partial charge in [0.1, 0.15) is 0 Å². The number of aliphatic hydroxyl groups excluding tert-OH is 1. The molecular formula is C16H29NO. The van der Waals surface area contributed by atoms with Crippen LogP contribution in [0.25, 0.3) is 0 Å². The van der Waals surface area contributed by atoms with Crippen molar-refractivity contribution >= 4 is 0 Å². The van der Waals surface area contributed by atoms with Crippen LogP contribution in [-0.2, 0) is 0 Å². The molecule has 0 aliphatic heterocycles. The highest BCUT2D eigenvalue weighted by atomic mass is 16.3. The highest BCUT2D eigenvalue weighted by Crippen LogP contribution is 2.52. The number of aliphatic hydroxyl groups is 1. The standard InChI is InChI=1S/C16H29NO/c1-15(9-10-15)12-17(2)14-11-13(18)5-8-16(14)6-3-4-7-16/h13-14,18H,3-12H2,1-2H3. The van der Waals surface area contributed by atoms with Gasteiger partial charge in [-0.15, -0.1) is 0 Å². The van der Waals surface area contributed by atoms with Crippen LogP contribution in [0, 0.1) is 10.8 Å². The molecule has 1 N–H and O–H groups in total. The molecule has 3 aliphatic carbocycles. The van der Waals surface area contributed by atoms with Crippen molar-refractivity contribution in [3.8, 4) is 0 Å². The zero-order valence-electron chi connectivity index (χ0n) is 12.1. The molecule has 3 aliphatic rings. The second-order valence-electron chi connectivity index (χ2n) is 7.74. The Morgan fingerprint density at radius 1 is 1.11 bits per heavy atom. The minimum Gasteiger partial charge on any atom is -0.393 e. The first-order chi connectivity index (χ1) is 8.53. The van der Waals surface area contributed by atoms with Crippen LogP contribution in [0.4, 0.5) is 0 Å². The van der Waals surface area contributed by atoms with Gasteiger partial charge in [-0.05, 0) is 62.8 Å². The van der Waals surface area contributed by atoms with Crippen LogP contribution >= 0.6 is 0 Å². The highest BCUT2D eigenvalue weighted by molar-refractivity contribution is 5.01. The molecule has 3 fully saturated rings. The lowest BCUT2D eigenvalue weighted by atomic mass is 9.67. The van der Waals surface area contributed by atoms with Gasteiger partial charge in [-0.1, -0.05) is 19.8 Å². The number of rotatable bonds is 3. The Balaban J connectivity index is 1.72. The molecule has 1 spiro atoms. The van der Waals surface area contributed by atoms with Crippen molar-refractivity contribution in [2.45, 2.75) is 76.9 Å². The van der Waals surface area contributed by atoms with E-state index in [0.717, 1.165) is 12.8 Å². The van der Waals surface area contributed by atoms with Crippen LogP contribution in [0.5, 0.6) is 0 Å². The summed E-state index contributed by atoms with van der Waals surface area (Å²) in [5.41, 5.74) is 1.15. The molecule has 104 valence electrons. The molecular weight excluding hydrogens is 222 g/mol. The van der Waals surface area contributed by atoms with Gasteiger partial charge in [0, 0.05) is 12.6 Å². The van der Waals surface area contributed by atoms with E-state index in [1.165, 1.54) is 51.5 Å². The van der Waals surface area contributed by atoms with E-state index in [1.807, 2.05) is 0 Å². The Morgan fingerprint density at radius 3 is 2.39 bits per heavy atom. The van der Waals surface area contributed by atoms with Gasteiger partial charge in [-0.25, -0.2) is 0 Å². The minimum atomic E-state index is -0.0457. The third-order valence-corrected chi connectivity index (χ3v) is 6.04. The molecule has 2 heteroatoms. The maximum absolute atomic E-state index is 10.1. The molecule has 0 aromatic carbocycles. The van der Waals surface area contributed by atoms with Gasteiger partial charge in [0.25, 0.3) is 0 Å². The molecule has 2 nitrogen and oxygen atoms in total. The van der Waals surface area contributed by atoms with Crippen molar-refractivity contribution in [3.05, 3.63) is 0 Å². The lowest BCUT2D eigenvalue weighted by molar-refractivity contribution is -0.0221. The predicted octanol–water partition coefficient (Wildman–Crippen LogP) is 3.19. The summed E-state index contributed by atoms with van der Waals surface area (Å²) in [6.45, 7) is 3.66. The smallest absolute Gasteiger partial charge is 0.0555 e. The molecule has 0 radical (unpaired) electrons. The summed E-state index contributed by atoms with van der Waals surface area (Å²) in [7, 11) is 2.31. The van der Waals surface area contributed by atoms with Gasteiger partial charge >= 0.3 is 0 Å². The second kappa shape index (κ2) is 4.49. The quantitative estimate of drug-likeness (QED) is 0.832. The number of nitrogens with zero attached hydrogens (tertiary/aromatic N) is 1. The lowest BCUT2D eigenvalue weighted by Crippen LogP contribution is -2.51. The Hall–Kier alpha value is -0.0800. The van der Waals surface area contributed by atoms with Crippen molar-refractivity contribution < 1.29 is 5.11 Å². The van der Waals surface area contributed by atoms with Crippen LogP contribution in [0.1, 0.15) is 64.7 Å². The largest absolute Gasteiger partial charge is 0.393 e. The van der Waals surface area contributed by atoms with Crippen LogP contribution in [0.2, 0.25) is 0 Å². The summed E-state index contributed by atoms with van der Waals surface area (Å²) in [5, 5.41) is 10.1. The monoisotopic (exact) mass is 251 g/mol. The molecule has 3 saturated carbocycles. The first kappa shape index (κ1) is 12.9. The van der Waals surface area contributed by atoms with Crippen LogP contribution < -0.4 is 0 Å². The van der Waals surface area contributed by atoms with E-state index in [1.54, 1.807) is 0 Å². The van der Waals surface area contributed by atoms with E-state index in [-0.39, 0.29) is 6.10 Å². The normalized spacial score (nSPS) is 37.3. The summed E-state index contributed by atoms with van der Waals surface area (Å²) >= 11 is 0. The van der Waals surface area contributed by atoms with E-state index in [9.17, 15) is 5.11 Å². The molecule has 0 aromatic rings. The average Bonchev–Trinajstić information content (AvgIpc) is 2.89. The van der Waals surface area contributed by atoms with Crippen LogP contribution in [-0.4, -0.2) is 35.7 Å². The Morgan fingerprint density at radius 2 is 1.78 bits per heavy atom. The van der Waals surface area contributed by atoms with Crippen molar-refractivity contribution in [1.82, 2.24) is 4.90 Å². The van der Waals surface area contributed by atoms with Crippen molar-refractivity contribution in [2.75, 3.05) is 13.6 Å². The molecule has 3 rings (SSSR count). The van der Waals surface area contributed by atoms with Crippen LogP contribution in [0.3, 0.4) is 0 Å². The fraction of sp³-hybridized carbons (Fsp3) is 1.00. The molecule has 2 atom stereocenters. The first-order valence-corrected chi connectivity index (χ1v) is 7.91. The Bertz CT molecular complexity index is 304. The van der Waals surface area contributed by atoms with E-state index in [4.69, 9.17) is 0 Å². The van der Waals surface area contributed by atoms with Gasteiger partial charge in [-0.2, -0.15) is 0 Å². The Kier molecular flexibility index (Phi) is 3.22. The van der Waals surface area contributed by atoms with E-state index < -0.39 is 0 Å². The molecule has 18 heavy (non-hydrogen) atoms. The zero-order chi connectivity index (χ0) is 12.8. The summed E-state index contributed by atoms with van der Waals surface area (Å²) in [4.78, 5) is 2.61. The van der Waals surface area contributed by atoms with Gasteiger partial charge in [-0.3, -0.25) is 0 Å². The second-order valence-corrected chi connectivity index (χ2v) is 7.74. The van der Waals surface area contributed by atoms with Gasteiger partial charge in [0.05, 0.1) is 6.10 Å². The maximum atomic E-state index is 10.1. The summed E-state index contributed by atoms with van der Waals surface area (Å²) in [5.74, 6) is 0. The molecule has 0 aromatic heterocycles. The fourth-order valence-corrected chi connectivity index (χ4v) is 4.64. The van der Waals surface area contributed by atoms with E-state index in [0.29, 0.717) is 16.9 Å². The lowest BCUT2D eigenvalue weighted by Gasteiger charge is -2.48. The van der Waals surface area contributed by atoms with E-state index >= 15 is 0 Å². The predicted molar refractivity (Wildman–Crippen MR) is 74.5 cm³/mol. The van der Waals surface area contributed by atoms with E-state index in [2.05, 4.69) is 18.9 Å². The van der Waals surface area contributed by atoms with Crippen molar-refractivity contribution in [3.63, 3.8) is 0 Å². The van der Waals surface area contributed by atoms with Gasteiger partial charge in [0.2, 0.25) is 0 Å². The highest BCUT2D eigenvalue weighted by Gasteiger charge is 2.48. The van der Waals surface area contributed by atoms with Gasteiger partial charge in [0.15, 0.2) is 0 Å². The molecule has 2 unspecified atom stereocenters. The third kappa shape index (κ3) is 2.34. The first-order valence-electron chi connectivity index (χ1n) is 7.91. The molecule has 0 heterocycles. The number of hydrogen-bond donors (Lipinski definition) is 1. The van der Waals surface area contributed by atoms with Crippen molar-refractivity contribution in [2.24, 2.45) is 10.8 Å². The number of hydrogen-bond acceptors (Lipinski definition) is 2. The SMILES string of the molecule is CN(CC1(C)CC1)C1CC(O)CCC12CCCC2. The van der Waals surface area contributed by atoms with Crippen molar-refractivity contribution in [1.29, 1.82) is 0 Å². The fourth-order valence-electron chi connectivity index (χ4n) is 4.64. The van der Waals surface area contributed by atoms with Crippen LogP contribution in [0.15, 0.2) is 0 Å². The van der Waals surface area contributed by atoms with Gasteiger partial charge < -0.3 is 10.0 Å². The summed E-state index contributed by atoms with van der Waals surface area (Å²) < 4.78 is 0. The Labute approximate surface area is 112 Å². The third-order valence-electron chi connectivity index (χ3n) is 6.04. The minimum absolute atomic E-state index is 0.0457. The summed E-state index contributed by atoms with van der Waals surface area (Å²) in [6, 6.07) is 0.640. The molecule has 0 amide bonds. The maximum Gasteiger partial charge on any atom is 0.0555 e. The molecule has 0 saturated heterocycles.